The van der Waals surface area contributed by atoms with E-state index >= 15 is 0 Å². The summed E-state index contributed by atoms with van der Waals surface area (Å²) in [5.41, 5.74) is 2.49. The minimum absolute atomic E-state index is 0.194. The fraction of sp³-hybridized carbons (Fsp3) is 0.409. The number of aryl methyl sites for hydroxylation is 2. The standard InChI is InChI=1S/C22H24F3NO.2ClH.Ti/c1-14-8-17(21(27)20(11-14)16-6-4-3-5-7-16)13-26-19-10-15(2)9-18(12-19)22(23,24)25;;;/h8-13,16,27H,3-7H2,1-2H3;2*1H;/q;;;+2/p-2. The summed E-state index contributed by atoms with van der Waals surface area (Å²) in [7, 11) is 9.78. The van der Waals surface area contributed by atoms with Gasteiger partial charge in [-0.1, -0.05) is 25.3 Å². The Morgan fingerprint density at radius 3 is 2.20 bits per heavy atom. The first-order chi connectivity index (χ1) is 14.2. The monoisotopic (exact) mass is 493 g/mol. The Morgan fingerprint density at radius 1 is 1.00 bits per heavy atom. The third-order valence-electron chi connectivity index (χ3n) is 5.10. The second kappa shape index (κ2) is 11.6. The number of aliphatic imine (C=N–C) groups is 1. The molecule has 0 saturated heterocycles. The molecule has 2 nitrogen and oxygen atoms in total. The van der Waals surface area contributed by atoms with Crippen molar-refractivity contribution in [3.05, 3.63) is 58.1 Å². The average Bonchev–Trinajstić information content (AvgIpc) is 2.68. The molecule has 3 rings (SSSR count). The quantitative estimate of drug-likeness (QED) is 0.339. The molecule has 1 saturated carbocycles. The Hall–Kier alpha value is -1.01. The number of phenols is 1. The normalized spacial score (nSPS) is 15.0. The van der Waals surface area contributed by atoms with Gasteiger partial charge in [-0.2, -0.15) is 13.2 Å². The third kappa shape index (κ3) is 7.30. The summed E-state index contributed by atoms with van der Waals surface area (Å²) < 4.78 is 39.0. The maximum absolute atomic E-state index is 13.0. The van der Waals surface area contributed by atoms with E-state index < -0.39 is 28.8 Å². The Bertz CT molecular complexity index is 881. The van der Waals surface area contributed by atoms with Gasteiger partial charge in [0, 0.05) is 11.8 Å². The van der Waals surface area contributed by atoms with E-state index in [4.69, 9.17) is 18.6 Å². The van der Waals surface area contributed by atoms with Crippen LogP contribution in [0.15, 0.2) is 35.3 Å². The van der Waals surface area contributed by atoms with Gasteiger partial charge in [0.1, 0.15) is 5.75 Å². The molecule has 0 aliphatic heterocycles. The van der Waals surface area contributed by atoms with Gasteiger partial charge in [-0.15, -0.1) is 0 Å². The molecule has 0 radical (unpaired) electrons. The molecule has 2 aromatic rings. The van der Waals surface area contributed by atoms with Crippen molar-refractivity contribution in [1.29, 1.82) is 0 Å². The topological polar surface area (TPSA) is 32.6 Å². The second-order valence-corrected chi connectivity index (χ2v) is 10.1. The summed E-state index contributed by atoms with van der Waals surface area (Å²) in [5, 5.41) is 10.7. The van der Waals surface area contributed by atoms with Crippen LogP contribution in [0.2, 0.25) is 0 Å². The molecule has 8 heteroatoms. The Kier molecular flexibility index (Phi) is 9.74. The number of hydrogen-bond donors (Lipinski definition) is 1. The van der Waals surface area contributed by atoms with Crippen molar-refractivity contribution in [2.75, 3.05) is 0 Å². The molecule has 0 heterocycles. The SMILES string of the molecule is Cc1cc(N=Cc2cc(C)cc(C3CCCCC3)c2O)cc(C(F)(F)F)c1.[Cl][Ti][Cl]. The molecule has 0 spiro atoms. The van der Waals surface area contributed by atoms with Gasteiger partial charge < -0.3 is 5.11 Å². The number of phenolic OH excluding ortho intramolecular Hbond substituents is 1. The van der Waals surface area contributed by atoms with Crippen LogP contribution in [0, 0.1) is 13.8 Å². The molecule has 0 amide bonds. The molecule has 1 aliphatic carbocycles. The molecule has 0 bridgehead atoms. The van der Waals surface area contributed by atoms with Crippen molar-refractivity contribution in [3.8, 4) is 5.75 Å². The van der Waals surface area contributed by atoms with Crippen LogP contribution in [0.25, 0.3) is 0 Å². The van der Waals surface area contributed by atoms with Crippen LogP contribution >= 0.6 is 18.6 Å². The number of aromatic hydroxyl groups is 1. The summed E-state index contributed by atoms with van der Waals surface area (Å²) >= 11 is -0.556. The summed E-state index contributed by atoms with van der Waals surface area (Å²) in [6.45, 7) is 3.57. The number of nitrogens with zero attached hydrogens (tertiary/aromatic N) is 1. The van der Waals surface area contributed by atoms with Gasteiger partial charge in [0.05, 0.1) is 11.3 Å². The zero-order valence-corrected chi connectivity index (χ0v) is 19.9. The molecule has 1 N–H and O–H groups in total. The van der Waals surface area contributed by atoms with E-state index in [-0.39, 0.29) is 11.4 Å². The van der Waals surface area contributed by atoms with Gasteiger partial charge in [-0.05, 0) is 73.6 Å². The van der Waals surface area contributed by atoms with Crippen molar-refractivity contribution in [2.24, 2.45) is 4.99 Å². The maximum atomic E-state index is 13.0. The van der Waals surface area contributed by atoms with Crippen LogP contribution in [-0.4, -0.2) is 11.3 Å². The van der Waals surface area contributed by atoms with E-state index in [0.717, 1.165) is 48.9 Å². The number of halogens is 5. The van der Waals surface area contributed by atoms with Crippen LogP contribution in [-0.2, 0) is 23.2 Å². The van der Waals surface area contributed by atoms with Gasteiger partial charge in [-0.3, -0.25) is 4.99 Å². The van der Waals surface area contributed by atoms with Gasteiger partial charge in [-0.25, -0.2) is 0 Å². The predicted molar refractivity (Wildman–Crippen MR) is 114 cm³/mol. The van der Waals surface area contributed by atoms with Gasteiger partial charge in [0.15, 0.2) is 0 Å². The van der Waals surface area contributed by atoms with E-state index in [9.17, 15) is 18.3 Å². The zero-order valence-electron chi connectivity index (χ0n) is 16.9. The number of alkyl halides is 3. The molecular formula is C22H24Cl2F3NOTi. The second-order valence-electron chi connectivity index (χ2n) is 7.51. The zero-order chi connectivity index (χ0) is 22.3. The Morgan fingerprint density at radius 2 is 1.60 bits per heavy atom. The summed E-state index contributed by atoms with van der Waals surface area (Å²) in [5.74, 6) is 0.529. The molecule has 0 aromatic heterocycles. The van der Waals surface area contributed by atoms with E-state index in [2.05, 4.69) is 4.99 Å². The van der Waals surface area contributed by atoms with E-state index in [0.29, 0.717) is 17.0 Å². The fourth-order valence-electron chi connectivity index (χ4n) is 3.80. The molecule has 0 atom stereocenters. The van der Waals surface area contributed by atoms with Gasteiger partial charge in [0.2, 0.25) is 0 Å². The van der Waals surface area contributed by atoms with E-state index in [1.807, 2.05) is 19.1 Å². The van der Waals surface area contributed by atoms with E-state index in [1.54, 1.807) is 13.0 Å². The number of benzene rings is 2. The summed E-state index contributed by atoms with van der Waals surface area (Å²) in [6, 6.07) is 7.55. The molecule has 0 unspecified atom stereocenters. The predicted octanol–water partition coefficient (Wildman–Crippen LogP) is 8.20. The molecule has 162 valence electrons. The molecule has 2 aromatic carbocycles. The van der Waals surface area contributed by atoms with Crippen molar-refractivity contribution < 1.29 is 35.3 Å². The first-order valence-corrected chi connectivity index (χ1v) is 14.0. The van der Waals surface area contributed by atoms with Crippen LogP contribution < -0.4 is 0 Å². The fourth-order valence-corrected chi connectivity index (χ4v) is 3.80. The van der Waals surface area contributed by atoms with Crippen LogP contribution in [0.1, 0.15) is 65.8 Å². The number of hydrogen-bond acceptors (Lipinski definition) is 2. The Labute approximate surface area is 192 Å². The first-order valence-electron chi connectivity index (χ1n) is 9.68. The van der Waals surface area contributed by atoms with Gasteiger partial charge in [0.25, 0.3) is 0 Å². The molecule has 1 aliphatic rings. The Balaban J connectivity index is 0.00000101. The van der Waals surface area contributed by atoms with Crippen LogP contribution in [0.3, 0.4) is 0 Å². The number of rotatable bonds is 3. The molecule has 1 fully saturated rings. The van der Waals surface area contributed by atoms with Crippen molar-refractivity contribution >= 4 is 30.5 Å². The summed E-state index contributed by atoms with van der Waals surface area (Å²) in [4.78, 5) is 4.21. The van der Waals surface area contributed by atoms with Gasteiger partial charge >= 0.3 is 41.8 Å². The first kappa shape index (κ1) is 25.3. The molecular weight excluding hydrogens is 470 g/mol. The van der Waals surface area contributed by atoms with E-state index in [1.165, 1.54) is 12.6 Å². The molecule has 30 heavy (non-hydrogen) atoms. The van der Waals surface area contributed by atoms with Crippen LogP contribution in [0.4, 0.5) is 18.9 Å². The summed E-state index contributed by atoms with van der Waals surface area (Å²) in [6.07, 6.45) is 2.71. The minimum atomic E-state index is -4.41. The average molecular weight is 494 g/mol. The van der Waals surface area contributed by atoms with Crippen molar-refractivity contribution in [2.45, 2.75) is 58.0 Å². The van der Waals surface area contributed by atoms with Crippen molar-refractivity contribution in [1.82, 2.24) is 0 Å². The third-order valence-corrected chi connectivity index (χ3v) is 5.10. The van der Waals surface area contributed by atoms with Crippen molar-refractivity contribution in [3.63, 3.8) is 0 Å². The van der Waals surface area contributed by atoms with Crippen LogP contribution in [0.5, 0.6) is 5.75 Å².